The van der Waals surface area contributed by atoms with Gasteiger partial charge >= 0.3 is 6.09 Å². The molecule has 0 fully saturated rings. The van der Waals surface area contributed by atoms with Crippen LogP contribution in [0, 0.1) is 5.92 Å². The predicted octanol–water partition coefficient (Wildman–Crippen LogP) is 6.26. The summed E-state index contributed by atoms with van der Waals surface area (Å²) in [6.45, 7) is 2.12. The van der Waals surface area contributed by atoms with Crippen LogP contribution < -0.4 is 21.1 Å². The van der Waals surface area contributed by atoms with Crippen molar-refractivity contribution in [1.29, 1.82) is 0 Å². The summed E-state index contributed by atoms with van der Waals surface area (Å²) in [5.41, 5.74) is 8.40. The SMILES string of the molecule is CSc1ccc(NC(=O)O[C@H](c2ccc(OCCO)cc2)[C@@H](C)CC/C=C/C(=O)Nc2ccccc2N)cc1. The molecule has 0 heterocycles. The van der Waals surface area contributed by atoms with Crippen molar-refractivity contribution in [3.63, 3.8) is 0 Å². The Hall–Kier alpha value is -3.95. The fourth-order valence-corrected chi connectivity index (χ4v) is 4.26. The third kappa shape index (κ3) is 9.70. The standard InChI is InChI=1S/C30H35N3O5S/c1-21(7-3-6-10-28(35)33-27-9-5-4-8-26(27)31)29(22-11-15-24(16-12-22)37-20-19-34)38-30(36)32-23-13-17-25(39-2)18-14-23/h4-6,8-18,21,29,34H,3,7,19-20,31H2,1-2H3,(H,32,36)(H,33,35)/b10-6+/t21-,29-/m0/s1. The quantitative estimate of drug-likeness (QED) is 0.113. The van der Waals surface area contributed by atoms with Gasteiger partial charge in [-0.1, -0.05) is 37.3 Å². The normalized spacial score (nSPS) is 12.5. The molecule has 0 aromatic heterocycles. The van der Waals surface area contributed by atoms with E-state index in [1.807, 2.05) is 49.6 Å². The molecular weight excluding hydrogens is 514 g/mol. The van der Waals surface area contributed by atoms with Crippen molar-refractivity contribution in [3.8, 4) is 5.75 Å². The summed E-state index contributed by atoms with van der Waals surface area (Å²) in [4.78, 5) is 26.2. The van der Waals surface area contributed by atoms with Crippen LogP contribution in [0.3, 0.4) is 0 Å². The molecule has 3 aromatic rings. The van der Waals surface area contributed by atoms with Crippen molar-refractivity contribution >= 4 is 40.8 Å². The number of rotatable bonds is 13. The Balaban J connectivity index is 1.63. The number of carbonyl (C=O) groups is 2. The molecular formula is C30H35N3O5S. The second kappa shape index (κ2) is 15.5. The highest BCUT2D eigenvalue weighted by Crippen LogP contribution is 2.31. The molecule has 0 bridgehead atoms. The van der Waals surface area contributed by atoms with Crippen molar-refractivity contribution in [3.05, 3.63) is 90.5 Å². The zero-order valence-corrected chi connectivity index (χ0v) is 22.9. The zero-order chi connectivity index (χ0) is 28.0. The maximum Gasteiger partial charge on any atom is 0.412 e. The van der Waals surface area contributed by atoms with E-state index in [0.717, 1.165) is 10.5 Å². The summed E-state index contributed by atoms with van der Waals surface area (Å²) in [5, 5.41) is 14.6. The zero-order valence-electron chi connectivity index (χ0n) is 22.1. The van der Waals surface area contributed by atoms with E-state index in [9.17, 15) is 9.59 Å². The molecule has 0 aliphatic carbocycles. The van der Waals surface area contributed by atoms with Crippen LogP contribution in [0.1, 0.15) is 31.4 Å². The first kappa shape index (κ1) is 29.6. The predicted molar refractivity (Wildman–Crippen MR) is 157 cm³/mol. The largest absolute Gasteiger partial charge is 0.491 e. The van der Waals surface area contributed by atoms with Crippen molar-refractivity contribution < 1.29 is 24.2 Å². The number of allylic oxidation sites excluding steroid dienone is 1. The van der Waals surface area contributed by atoms with Gasteiger partial charge in [-0.05, 0) is 85.2 Å². The maximum absolute atomic E-state index is 12.8. The Kier molecular flexibility index (Phi) is 11.7. The van der Waals surface area contributed by atoms with Crippen LogP contribution in [0.25, 0.3) is 0 Å². The van der Waals surface area contributed by atoms with Gasteiger partial charge in [0.05, 0.1) is 18.0 Å². The maximum atomic E-state index is 12.8. The lowest BCUT2D eigenvalue weighted by molar-refractivity contribution is -0.111. The molecule has 0 spiro atoms. The Morgan fingerprint density at radius 3 is 2.41 bits per heavy atom. The Bertz CT molecular complexity index is 1230. The Morgan fingerprint density at radius 2 is 1.74 bits per heavy atom. The molecule has 0 unspecified atom stereocenters. The lowest BCUT2D eigenvalue weighted by Gasteiger charge is -2.25. The second-order valence-electron chi connectivity index (χ2n) is 8.85. The molecule has 0 aliphatic heterocycles. The van der Waals surface area contributed by atoms with Gasteiger partial charge in [-0.3, -0.25) is 10.1 Å². The minimum absolute atomic E-state index is 0.0590. The number of thioether (sulfide) groups is 1. The van der Waals surface area contributed by atoms with E-state index in [2.05, 4.69) is 10.6 Å². The van der Waals surface area contributed by atoms with Gasteiger partial charge in [-0.15, -0.1) is 11.8 Å². The lowest BCUT2D eigenvalue weighted by Crippen LogP contribution is -2.22. The molecule has 3 rings (SSSR count). The summed E-state index contributed by atoms with van der Waals surface area (Å²) in [6, 6.07) is 21.9. The molecule has 2 amide bonds. The number of aliphatic hydroxyl groups is 1. The number of aliphatic hydroxyl groups excluding tert-OH is 1. The third-order valence-electron chi connectivity index (χ3n) is 5.93. The van der Waals surface area contributed by atoms with E-state index in [1.165, 1.54) is 6.08 Å². The first-order valence-electron chi connectivity index (χ1n) is 12.7. The smallest absolute Gasteiger partial charge is 0.412 e. The van der Waals surface area contributed by atoms with Crippen LogP contribution in [0.4, 0.5) is 21.9 Å². The second-order valence-corrected chi connectivity index (χ2v) is 9.73. The highest BCUT2D eigenvalue weighted by atomic mass is 32.2. The molecule has 5 N–H and O–H groups in total. The van der Waals surface area contributed by atoms with Gasteiger partial charge in [0.1, 0.15) is 18.5 Å². The molecule has 0 saturated heterocycles. The average molecular weight is 550 g/mol. The first-order chi connectivity index (χ1) is 18.9. The highest BCUT2D eigenvalue weighted by molar-refractivity contribution is 7.98. The molecule has 0 radical (unpaired) electrons. The van der Waals surface area contributed by atoms with Gasteiger partial charge in [0, 0.05) is 10.6 Å². The van der Waals surface area contributed by atoms with Gasteiger partial charge in [0.25, 0.3) is 0 Å². The van der Waals surface area contributed by atoms with E-state index in [4.69, 9.17) is 20.3 Å². The number of anilines is 3. The average Bonchev–Trinajstić information content (AvgIpc) is 2.95. The number of hydrogen-bond acceptors (Lipinski definition) is 7. The van der Waals surface area contributed by atoms with E-state index in [0.29, 0.717) is 35.7 Å². The Labute approximate surface area is 233 Å². The van der Waals surface area contributed by atoms with Crippen LogP contribution in [-0.4, -0.2) is 36.6 Å². The van der Waals surface area contributed by atoms with Crippen LogP contribution in [0.5, 0.6) is 5.75 Å². The minimum Gasteiger partial charge on any atom is -0.491 e. The van der Waals surface area contributed by atoms with Crippen LogP contribution >= 0.6 is 11.8 Å². The summed E-state index contributed by atoms with van der Waals surface area (Å²) >= 11 is 1.62. The van der Waals surface area contributed by atoms with E-state index in [1.54, 1.807) is 54.2 Å². The van der Waals surface area contributed by atoms with Crippen LogP contribution in [0.2, 0.25) is 0 Å². The molecule has 206 valence electrons. The van der Waals surface area contributed by atoms with Gasteiger partial charge in [0.2, 0.25) is 5.91 Å². The van der Waals surface area contributed by atoms with Crippen molar-refractivity contribution in [2.45, 2.75) is 30.8 Å². The number of nitrogens with two attached hydrogens (primary N) is 1. The summed E-state index contributed by atoms with van der Waals surface area (Å²) < 4.78 is 11.4. The molecule has 0 saturated carbocycles. The monoisotopic (exact) mass is 549 g/mol. The number of nitrogen functional groups attached to an aromatic ring is 1. The molecule has 9 heteroatoms. The summed E-state index contributed by atoms with van der Waals surface area (Å²) in [7, 11) is 0. The van der Waals surface area contributed by atoms with Crippen molar-refractivity contribution in [2.24, 2.45) is 5.92 Å². The van der Waals surface area contributed by atoms with Crippen molar-refractivity contribution in [1.82, 2.24) is 0 Å². The molecule has 3 aromatic carbocycles. The molecule has 8 nitrogen and oxygen atoms in total. The number of carbonyl (C=O) groups excluding carboxylic acids is 2. The fourth-order valence-electron chi connectivity index (χ4n) is 3.85. The highest BCUT2D eigenvalue weighted by Gasteiger charge is 2.24. The number of benzene rings is 3. The van der Waals surface area contributed by atoms with Gasteiger partial charge in [-0.25, -0.2) is 4.79 Å². The Morgan fingerprint density at radius 1 is 1.03 bits per heavy atom. The van der Waals surface area contributed by atoms with Crippen LogP contribution in [0.15, 0.2) is 89.8 Å². The third-order valence-corrected chi connectivity index (χ3v) is 6.68. The topological polar surface area (TPSA) is 123 Å². The van der Waals surface area contributed by atoms with Crippen LogP contribution in [-0.2, 0) is 9.53 Å². The first-order valence-corrected chi connectivity index (χ1v) is 13.9. The van der Waals surface area contributed by atoms with Gasteiger partial charge < -0.3 is 25.6 Å². The van der Waals surface area contributed by atoms with E-state index < -0.39 is 12.2 Å². The lowest BCUT2D eigenvalue weighted by atomic mass is 9.93. The van der Waals surface area contributed by atoms with Crippen molar-refractivity contribution in [2.75, 3.05) is 35.8 Å². The summed E-state index contributed by atoms with van der Waals surface area (Å²) in [5.74, 6) is 0.292. The van der Waals surface area contributed by atoms with E-state index >= 15 is 0 Å². The minimum atomic E-state index is -0.556. The fraction of sp³-hybridized carbons (Fsp3) is 0.267. The number of nitrogens with one attached hydrogen (secondary N) is 2. The number of ether oxygens (including phenoxy) is 2. The molecule has 0 aliphatic rings. The molecule has 39 heavy (non-hydrogen) atoms. The number of hydrogen-bond donors (Lipinski definition) is 4. The summed E-state index contributed by atoms with van der Waals surface area (Å²) in [6.07, 6.45) is 5.44. The molecule has 2 atom stereocenters. The number of para-hydroxylation sites is 2. The van der Waals surface area contributed by atoms with Gasteiger partial charge in [-0.2, -0.15) is 0 Å². The number of amides is 2. The van der Waals surface area contributed by atoms with E-state index in [-0.39, 0.29) is 25.0 Å². The van der Waals surface area contributed by atoms with Gasteiger partial charge in [0.15, 0.2) is 0 Å².